The minimum absolute atomic E-state index is 0. The smallest absolute Gasteiger partial charge is 0.382 e. The number of sulfonamides is 1. The number of fused-ring (bicyclic) bond motifs is 1. The van der Waals surface area contributed by atoms with Crippen LogP contribution in [0.15, 0.2) is 45.2 Å². The second-order valence-electron chi connectivity index (χ2n) is 9.91. The fraction of sp³-hybridized carbons (Fsp3) is 0.522. The molecule has 1 aromatic carbocycles. The summed E-state index contributed by atoms with van der Waals surface area (Å²) in [6.45, 7) is 1.64. The standard InChI is InChI=1S/C23H26F3N5O3S2.2H2/c1-36(33,34)30-20(32)14-2-4-15(5-3-14)29-16-9-22(10-16)6-7-31(12-22)19-18-8-17(11-23(24,25)26)35-21(18)28-13-27-19;;/h2-5,8,13,16,18,21,29H,6-7,9-12H2,1H3,(H,30,32);2*1H. The van der Waals surface area contributed by atoms with Gasteiger partial charge in [0.2, 0.25) is 10.0 Å². The van der Waals surface area contributed by atoms with Crippen molar-refractivity contribution in [3.8, 4) is 0 Å². The highest BCUT2D eigenvalue weighted by atomic mass is 32.2. The number of benzene rings is 1. The van der Waals surface area contributed by atoms with Crippen LogP contribution in [0, 0.1) is 11.3 Å². The lowest BCUT2D eigenvalue weighted by atomic mass is 9.65. The average Bonchev–Trinajstić information content (AvgIpc) is 3.35. The first kappa shape index (κ1) is 25.1. The van der Waals surface area contributed by atoms with E-state index in [2.05, 4.69) is 20.2 Å². The van der Waals surface area contributed by atoms with Gasteiger partial charge in [0.05, 0.1) is 18.6 Å². The summed E-state index contributed by atoms with van der Waals surface area (Å²) in [6, 6.07) is 6.93. The van der Waals surface area contributed by atoms with Crippen LogP contribution in [-0.4, -0.2) is 68.3 Å². The zero-order valence-electron chi connectivity index (χ0n) is 19.5. The molecule has 0 bridgehead atoms. The number of amidine groups is 1. The SMILES string of the molecule is CS(=O)(=O)NC(=O)c1ccc(NC2CC3(CCN(C4=NC=NC5SC(CC(F)(F)F)=CC45)C3)C2)cc1.[HH].[HH]. The molecule has 2 fully saturated rings. The third-order valence-electron chi connectivity index (χ3n) is 6.94. The highest BCUT2D eigenvalue weighted by molar-refractivity contribution is 8.04. The van der Waals surface area contributed by atoms with Crippen molar-refractivity contribution in [2.75, 3.05) is 24.7 Å². The highest BCUT2D eigenvalue weighted by Gasteiger charge is 2.50. The Morgan fingerprint density at radius 2 is 2.00 bits per heavy atom. The van der Waals surface area contributed by atoms with Crippen LogP contribution in [0.2, 0.25) is 0 Å². The number of carbonyl (C=O) groups excluding carboxylic acids is 1. The Morgan fingerprint density at radius 1 is 1.28 bits per heavy atom. The first-order chi connectivity index (χ1) is 16.9. The molecule has 1 saturated heterocycles. The van der Waals surface area contributed by atoms with Crippen LogP contribution in [-0.2, 0) is 10.0 Å². The predicted molar refractivity (Wildman–Crippen MR) is 138 cm³/mol. The molecule has 1 aliphatic carbocycles. The van der Waals surface area contributed by atoms with Crippen molar-refractivity contribution in [3.63, 3.8) is 0 Å². The van der Waals surface area contributed by atoms with Crippen LogP contribution in [0.3, 0.4) is 0 Å². The van der Waals surface area contributed by atoms with E-state index in [0.717, 1.165) is 50.1 Å². The molecule has 0 aromatic heterocycles. The molecule has 2 unspecified atom stereocenters. The molecule has 1 saturated carbocycles. The molecule has 1 aromatic rings. The molecule has 4 aliphatic rings. The topological polar surface area (TPSA) is 103 Å². The number of rotatable bonds is 5. The molecule has 5 rings (SSSR count). The van der Waals surface area contributed by atoms with Crippen molar-refractivity contribution >= 4 is 45.6 Å². The van der Waals surface area contributed by atoms with E-state index < -0.39 is 28.5 Å². The molecule has 8 nitrogen and oxygen atoms in total. The fourth-order valence-electron chi connectivity index (χ4n) is 5.44. The fourth-order valence-corrected chi connectivity index (χ4v) is 7.14. The van der Waals surface area contributed by atoms with Crippen molar-refractivity contribution < 1.29 is 29.2 Å². The van der Waals surface area contributed by atoms with E-state index in [0.29, 0.717) is 4.91 Å². The van der Waals surface area contributed by atoms with E-state index >= 15 is 0 Å². The van der Waals surface area contributed by atoms with Gasteiger partial charge < -0.3 is 10.2 Å². The summed E-state index contributed by atoms with van der Waals surface area (Å²) in [5, 5.41) is 3.19. The van der Waals surface area contributed by atoms with E-state index in [1.165, 1.54) is 18.1 Å². The van der Waals surface area contributed by atoms with E-state index in [-0.39, 0.29) is 31.2 Å². The van der Waals surface area contributed by atoms with Crippen LogP contribution in [0.25, 0.3) is 0 Å². The number of nitrogens with one attached hydrogen (secondary N) is 2. The Kier molecular flexibility index (Phi) is 6.34. The number of allylic oxidation sites excluding steroid dienone is 1. The third kappa shape index (κ3) is 5.56. The van der Waals surface area contributed by atoms with E-state index in [1.54, 1.807) is 30.3 Å². The summed E-state index contributed by atoms with van der Waals surface area (Å²) in [5.74, 6) is -0.0764. The maximum absolute atomic E-state index is 12.9. The summed E-state index contributed by atoms with van der Waals surface area (Å²) in [5.41, 5.74) is 1.25. The molecule has 1 amide bonds. The number of hydrogen-bond acceptors (Lipinski definition) is 8. The predicted octanol–water partition coefficient (Wildman–Crippen LogP) is 4.10. The quantitative estimate of drug-likeness (QED) is 0.578. The number of nitrogens with zero attached hydrogens (tertiary/aromatic N) is 3. The molecule has 0 radical (unpaired) electrons. The van der Waals surface area contributed by atoms with Crippen molar-refractivity contribution in [2.45, 2.75) is 43.3 Å². The number of hydrogen-bond donors (Lipinski definition) is 2. The molecular formula is C23H30F3N5O3S2. The maximum Gasteiger partial charge on any atom is 0.393 e. The number of thioether (sulfide) groups is 1. The Bertz CT molecular complexity index is 1250. The number of aliphatic imine (C=N–C) groups is 2. The lowest BCUT2D eigenvalue weighted by molar-refractivity contribution is -0.125. The van der Waals surface area contributed by atoms with Gasteiger partial charge >= 0.3 is 6.18 Å². The molecule has 13 heteroatoms. The number of likely N-dealkylation sites (tertiary alicyclic amines) is 1. The Hall–Kier alpha value is -2.54. The molecule has 3 heterocycles. The highest BCUT2D eigenvalue weighted by Crippen LogP contribution is 2.51. The first-order valence-electron chi connectivity index (χ1n) is 11.6. The number of alkyl halides is 3. The van der Waals surface area contributed by atoms with Crippen molar-refractivity contribution in [3.05, 3.63) is 40.8 Å². The Morgan fingerprint density at radius 3 is 2.67 bits per heavy atom. The van der Waals surface area contributed by atoms with E-state index in [4.69, 9.17) is 0 Å². The van der Waals surface area contributed by atoms with Crippen LogP contribution in [0.1, 0.15) is 38.9 Å². The second-order valence-corrected chi connectivity index (χ2v) is 12.9. The zero-order chi connectivity index (χ0) is 25.7. The first-order valence-corrected chi connectivity index (χ1v) is 14.3. The van der Waals surface area contributed by atoms with Gasteiger partial charge in [-0.05, 0) is 53.8 Å². The molecule has 198 valence electrons. The van der Waals surface area contributed by atoms with Gasteiger partial charge in [0.25, 0.3) is 5.91 Å². The van der Waals surface area contributed by atoms with Gasteiger partial charge in [-0.3, -0.25) is 9.79 Å². The van der Waals surface area contributed by atoms with Gasteiger partial charge in [-0.2, -0.15) is 13.2 Å². The van der Waals surface area contributed by atoms with Crippen molar-refractivity contribution in [1.82, 2.24) is 9.62 Å². The normalized spacial score (nSPS) is 29.4. The molecule has 1 spiro atoms. The molecule has 36 heavy (non-hydrogen) atoms. The van der Waals surface area contributed by atoms with E-state index in [1.807, 2.05) is 4.72 Å². The summed E-state index contributed by atoms with van der Waals surface area (Å²) >= 11 is 1.18. The summed E-state index contributed by atoms with van der Waals surface area (Å²) in [7, 11) is -3.62. The van der Waals surface area contributed by atoms with Gasteiger partial charge in [-0.25, -0.2) is 18.1 Å². The molecule has 3 aliphatic heterocycles. The number of amides is 1. The van der Waals surface area contributed by atoms with Crippen LogP contribution in [0.5, 0.6) is 0 Å². The van der Waals surface area contributed by atoms with Gasteiger partial charge in [-0.1, -0.05) is 6.08 Å². The summed E-state index contributed by atoms with van der Waals surface area (Å²) in [6.07, 6.45) is 1.85. The maximum atomic E-state index is 12.9. The molecule has 2 atom stereocenters. The lowest BCUT2D eigenvalue weighted by Gasteiger charge is -2.46. The largest absolute Gasteiger partial charge is 0.393 e. The molecular weight excluding hydrogens is 515 g/mol. The Balaban J connectivity index is 0.00000200. The van der Waals surface area contributed by atoms with Gasteiger partial charge in [0, 0.05) is 33.2 Å². The summed E-state index contributed by atoms with van der Waals surface area (Å²) < 4.78 is 63.0. The zero-order valence-corrected chi connectivity index (χ0v) is 21.1. The monoisotopic (exact) mass is 545 g/mol. The number of carbonyl (C=O) groups is 1. The third-order valence-corrected chi connectivity index (χ3v) is 8.73. The van der Waals surface area contributed by atoms with Crippen molar-refractivity contribution in [1.29, 1.82) is 0 Å². The second kappa shape index (κ2) is 9.09. The van der Waals surface area contributed by atoms with Crippen LogP contribution < -0.4 is 10.0 Å². The summed E-state index contributed by atoms with van der Waals surface area (Å²) in [4.78, 5) is 23.2. The van der Waals surface area contributed by atoms with Gasteiger partial charge in [0.1, 0.15) is 17.5 Å². The molecule has 2 N–H and O–H groups in total. The minimum Gasteiger partial charge on any atom is -0.382 e. The van der Waals surface area contributed by atoms with Crippen molar-refractivity contribution in [2.24, 2.45) is 21.3 Å². The number of halogens is 3. The number of anilines is 1. The Labute approximate surface area is 214 Å². The minimum atomic E-state index is -4.23. The average molecular weight is 546 g/mol. The van der Waals surface area contributed by atoms with Crippen LogP contribution >= 0.6 is 11.8 Å². The van der Waals surface area contributed by atoms with E-state index in [9.17, 15) is 26.4 Å². The lowest BCUT2D eigenvalue weighted by Crippen LogP contribution is -2.48. The van der Waals surface area contributed by atoms with Gasteiger partial charge in [0.15, 0.2) is 0 Å². The van der Waals surface area contributed by atoms with Crippen LogP contribution in [0.4, 0.5) is 18.9 Å². The van der Waals surface area contributed by atoms with Gasteiger partial charge in [-0.15, -0.1) is 11.8 Å².